The molecule has 1 saturated carbocycles. The lowest BCUT2D eigenvalue weighted by atomic mass is 9.85. The molecule has 0 spiro atoms. The monoisotopic (exact) mass is 424 g/mol. The topological polar surface area (TPSA) is 108 Å². The smallest absolute Gasteiger partial charge is 0.262 e. The van der Waals surface area contributed by atoms with E-state index < -0.39 is 23.8 Å². The number of nitrogens with one attached hydrogen (secondary N) is 3. The van der Waals surface area contributed by atoms with Crippen LogP contribution in [-0.2, 0) is 16.1 Å². The minimum absolute atomic E-state index is 0.0914. The van der Waals surface area contributed by atoms with Crippen LogP contribution in [0.25, 0.3) is 0 Å². The van der Waals surface area contributed by atoms with Gasteiger partial charge >= 0.3 is 0 Å². The highest BCUT2D eigenvalue weighted by atomic mass is 16.2. The number of amides is 4. The lowest BCUT2D eigenvalue weighted by Gasteiger charge is -2.35. The van der Waals surface area contributed by atoms with Crippen molar-refractivity contribution in [2.75, 3.05) is 6.54 Å². The number of carbonyl (C=O) groups is 4. The molecular formula is C23H28N4O4. The van der Waals surface area contributed by atoms with E-state index in [0.717, 1.165) is 29.8 Å². The van der Waals surface area contributed by atoms with Crippen molar-refractivity contribution in [3.63, 3.8) is 0 Å². The van der Waals surface area contributed by atoms with Crippen LogP contribution < -0.4 is 16.0 Å². The highest BCUT2D eigenvalue weighted by molar-refractivity contribution is 6.23. The SMILES string of the molecule is O=C1CCC(N2C(=O)c3ccc(CNC45CCCCCC4NCC5)cc3C2=O)C(=O)N1. The van der Waals surface area contributed by atoms with Crippen molar-refractivity contribution in [3.05, 3.63) is 34.9 Å². The molecule has 3 N–H and O–H groups in total. The minimum atomic E-state index is -0.929. The summed E-state index contributed by atoms with van der Waals surface area (Å²) < 4.78 is 0. The van der Waals surface area contributed by atoms with E-state index >= 15 is 0 Å². The maximum atomic E-state index is 13.0. The van der Waals surface area contributed by atoms with Gasteiger partial charge in [0.25, 0.3) is 11.8 Å². The van der Waals surface area contributed by atoms with E-state index in [2.05, 4.69) is 16.0 Å². The van der Waals surface area contributed by atoms with Gasteiger partial charge in [0.15, 0.2) is 0 Å². The van der Waals surface area contributed by atoms with Crippen LogP contribution in [0.1, 0.15) is 77.6 Å². The van der Waals surface area contributed by atoms with Gasteiger partial charge in [-0.2, -0.15) is 0 Å². The molecule has 5 rings (SSSR count). The van der Waals surface area contributed by atoms with Gasteiger partial charge in [-0.3, -0.25) is 29.4 Å². The van der Waals surface area contributed by atoms with Gasteiger partial charge in [0.1, 0.15) is 6.04 Å². The average Bonchev–Trinajstić information content (AvgIpc) is 3.18. The standard InChI is InChI=1S/C23H28N4O4/c28-19-8-7-17(20(29)26-19)27-21(30)15-6-5-14(12-16(15)22(27)31)13-25-23-9-3-1-2-4-18(23)24-11-10-23/h5-6,12,17-18,24-25H,1-4,7-11,13H2,(H,26,28,29). The first-order valence-electron chi connectivity index (χ1n) is 11.3. The Hall–Kier alpha value is -2.58. The van der Waals surface area contributed by atoms with Crippen molar-refractivity contribution in [3.8, 4) is 0 Å². The zero-order valence-electron chi connectivity index (χ0n) is 17.5. The van der Waals surface area contributed by atoms with E-state index in [1.807, 2.05) is 6.07 Å². The summed E-state index contributed by atoms with van der Waals surface area (Å²) in [5, 5.41) is 9.66. The Morgan fingerprint density at radius 1 is 1.00 bits per heavy atom. The molecule has 3 aliphatic heterocycles. The summed E-state index contributed by atoms with van der Waals surface area (Å²) in [5.41, 5.74) is 1.71. The van der Waals surface area contributed by atoms with Gasteiger partial charge in [0.2, 0.25) is 11.8 Å². The van der Waals surface area contributed by atoms with E-state index in [1.165, 1.54) is 25.7 Å². The molecule has 0 radical (unpaired) electrons. The second-order valence-electron chi connectivity index (χ2n) is 9.19. The highest BCUT2D eigenvalue weighted by Crippen LogP contribution is 2.34. The molecular weight excluding hydrogens is 396 g/mol. The predicted octanol–water partition coefficient (Wildman–Crippen LogP) is 1.24. The summed E-state index contributed by atoms with van der Waals surface area (Å²) in [5.74, 6) is -1.87. The van der Waals surface area contributed by atoms with Crippen molar-refractivity contribution < 1.29 is 19.2 Å². The second kappa shape index (κ2) is 7.84. The number of piperidine rings is 1. The van der Waals surface area contributed by atoms with E-state index in [0.29, 0.717) is 23.7 Å². The molecule has 164 valence electrons. The van der Waals surface area contributed by atoms with Gasteiger partial charge in [0, 0.05) is 24.5 Å². The van der Waals surface area contributed by atoms with E-state index in [-0.39, 0.29) is 24.3 Å². The number of fused-ring (bicyclic) bond motifs is 2. The molecule has 3 heterocycles. The van der Waals surface area contributed by atoms with Crippen LogP contribution in [-0.4, -0.2) is 52.7 Å². The van der Waals surface area contributed by atoms with E-state index in [9.17, 15) is 19.2 Å². The molecule has 0 aromatic heterocycles. The van der Waals surface area contributed by atoms with Crippen LogP contribution in [0.2, 0.25) is 0 Å². The molecule has 1 aromatic rings. The molecule has 8 heteroatoms. The maximum Gasteiger partial charge on any atom is 0.262 e. The lowest BCUT2D eigenvalue weighted by Crippen LogP contribution is -2.54. The summed E-state index contributed by atoms with van der Waals surface area (Å²) in [4.78, 5) is 50.5. The molecule has 3 atom stereocenters. The van der Waals surface area contributed by atoms with Crippen LogP contribution in [0, 0.1) is 0 Å². The van der Waals surface area contributed by atoms with Crippen LogP contribution >= 0.6 is 0 Å². The molecule has 31 heavy (non-hydrogen) atoms. The Morgan fingerprint density at radius 3 is 2.68 bits per heavy atom. The van der Waals surface area contributed by atoms with Gasteiger partial charge in [0.05, 0.1) is 11.1 Å². The van der Waals surface area contributed by atoms with E-state index in [1.54, 1.807) is 12.1 Å². The molecule has 0 bridgehead atoms. The number of carbonyl (C=O) groups excluding carboxylic acids is 4. The first-order chi connectivity index (χ1) is 15.0. The second-order valence-corrected chi connectivity index (χ2v) is 9.19. The third-order valence-corrected chi connectivity index (χ3v) is 7.39. The van der Waals surface area contributed by atoms with Gasteiger partial charge in [-0.1, -0.05) is 25.3 Å². The summed E-state index contributed by atoms with van der Waals surface area (Å²) >= 11 is 0. The van der Waals surface area contributed by atoms with Crippen molar-refractivity contribution in [1.29, 1.82) is 0 Å². The fourth-order valence-electron chi connectivity index (χ4n) is 5.69. The molecule has 1 aromatic carbocycles. The maximum absolute atomic E-state index is 13.0. The van der Waals surface area contributed by atoms with Gasteiger partial charge in [-0.25, -0.2) is 0 Å². The zero-order chi connectivity index (χ0) is 21.6. The first-order valence-corrected chi connectivity index (χ1v) is 11.3. The quantitative estimate of drug-likeness (QED) is 0.628. The number of nitrogens with zero attached hydrogens (tertiary/aromatic N) is 1. The highest BCUT2D eigenvalue weighted by Gasteiger charge is 2.45. The summed E-state index contributed by atoms with van der Waals surface area (Å²) in [6, 6.07) is 4.90. The molecule has 1 aliphatic carbocycles. The number of rotatable bonds is 4. The van der Waals surface area contributed by atoms with Crippen LogP contribution in [0.4, 0.5) is 0 Å². The number of hydrogen-bond acceptors (Lipinski definition) is 6. The van der Waals surface area contributed by atoms with Gasteiger partial charge in [-0.05, 0) is 49.9 Å². The zero-order valence-corrected chi connectivity index (χ0v) is 17.5. The van der Waals surface area contributed by atoms with Crippen molar-refractivity contribution in [2.24, 2.45) is 0 Å². The van der Waals surface area contributed by atoms with Crippen molar-refractivity contribution >= 4 is 23.6 Å². The molecule has 2 saturated heterocycles. The summed E-state index contributed by atoms with van der Waals surface area (Å²) in [6.45, 7) is 1.65. The Bertz CT molecular complexity index is 961. The predicted molar refractivity (Wildman–Crippen MR) is 112 cm³/mol. The Labute approximate surface area is 181 Å². The molecule has 3 unspecified atom stereocenters. The van der Waals surface area contributed by atoms with E-state index in [4.69, 9.17) is 0 Å². The first kappa shape index (κ1) is 20.3. The van der Waals surface area contributed by atoms with Crippen LogP contribution in [0.15, 0.2) is 18.2 Å². The molecule has 4 amide bonds. The summed E-state index contributed by atoms with van der Waals surface area (Å²) in [6.07, 6.45) is 7.48. The van der Waals surface area contributed by atoms with Gasteiger partial charge < -0.3 is 10.6 Å². The van der Waals surface area contributed by atoms with Crippen molar-refractivity contribution in [1.82, 2.24) is 20.9 Å². The molecule has 8 nitrogen and oxygen atoms in total. The minimum Gasteiger partial charge on any atom is -0.312 e. The Morgan fingerprint density at radius 2 is 1.84 bits per heavy atom. The molecule has 4 aliphatic rings. The Balaban J connectivity index is 1.33. The third-order valence-electron chi connectivity index (χ3n) is 7.39. The lowest BCUT2D eigenvalue weighted by molar-refractivity contribution is -0.136. The molecule has 3 fully saturated rings. The fourth-order valence-corrected chi connectivity index (χ4v) is 5.69. The fraction of sp³-hybridized carbons (Fsp3) is 0.565. The van der Waals surface area contributed by atoms with Crippen LogP contribution in [0.5, 0.6) is 0 Å². The number of imide groups is 2. The number of benzene rings is 1. The summed E-state index contributed by atoms with van der Waals surface area (Å²) in [7, 11) is 0. The Kier molecular flexibility index (Phi) is 5.14. The third kappa shape index (κ3) is 3.47. The van der Waals surface area contributed by atoms with Gasteiger partial charge in [-0.15, -0.1) is 0 Å². The normalized spacial score (nSPS) is 30.8. The average molecular weight is 425 g/mol. The van der Waals surface area contributed by atoms with Crippen molar-refractivity contribution in [2.45, 2.75) is 75.5 Å². The number of hydrogen-bond donors (Lipinski definition) is 3. The van der Waals surface area contributed by atoms with Crippen LogP contribution in [0.3, 0.4) is 0 Å². The largest absolute Gasteiger partial charge is 0.312 e.